The van der Waals surface area contributed by atoms with Crippen LogP contribution in [0.25, 0.3) is 0 Å². The molecule has 11 heteroatoms. The summed E-state index contributed by atoms with van der Waals surface area (Å²) in [7, 11) is -3.05. The van der Waals surface area contributed by atoms with Crippen molar-refractivity contribution in [2.45, 2.75) is 22.6 Å². The van der Waals surface area contributed by atoms with Crippen molar-refractivity contribution in [3.8, 4) is 0 Å². The highest BCUT2D eigenvalue weighted by molar-refractivity contribution is 7.89. The van der Waals surface area contributed by atoms with Gasteiger partial charge in [0.05, 0.1) is 5.69 Å². The number of para-hydroxylation sites is 1. The topological polar surface area (TPSA) is 109 Å². The van der Waals surface area contributed by atoms with E-state index in [2.05, 4.69) is 5.32 Å². The van der Waals surface area contributed by atoms with E-state index < -0.39 is 26.0 Å². The number of nitrogens with zero attached hydrogens (tertiary/aromatic N) is 3. The normalized spacial score (nSPS) is 15.7. The van der Waals surface area contributed by atoms with Crippen LogP contribution in [0.3, 0.4) is 0 Å². The second-order valence-corrected chi connectivity index (χ2v) is 11.1. The van der Waals surface area contributed by atoms with Crippen molar-refractivity contribution < 1.29 is 21.6 Å². The molecule has 0 saturated carbocycles. The van der Waals surface area contributed by atoms with Gasteiger partial charge in [0.2, 0.25) is 20.0 Å². The van der Waals surface area contributed by atoms with E-state index >= 15 is 0 Å². The molecule has 0 aliphatic carbocycles. The molecule has 1 aliphatic heterocycles. The molecule has 1 aromatic carbocycles. The Morgan fingerprint density at radius 3 is 2.31 bits per heavy atom. The summed E-state index contributed by atoms with van der Waals surface area (Å²) >= 11 is 0. The molecule has 0 bridgehead atoms. The van der Waals surface area contributed by atoms with Crippen LogP contribution >= 0.6 is 0 Å². The molecule has 0 atom stereocenters. The fraction of sp³-hybridized carbons (Fsp3) is 0.389. The maximum absolute atomic E-state index is 12.8. The Bertz CT molecular complexity index is 1130. The minimum atomic E-state index is -3.77. The summed E-state index contributed by atoms with van der Waals surface area (Å²) in [6, 6.07) is 7.37. The highest BCUT2D eigenvalue weighted by Crippen LogP contribution is 2.26. The van der Waals surface area contributed by atoms with Gasteiger partial charge in [-0.2, -0.15) is 4.31 Å². The standard InChI is InChI=1S/C18H24N4O5S2/c1-20(2)29(26,27)17-9-5-4-8-15(17)19-18(23)16-12-14(13-21(16)3)28(24,25)22-10-6-7-11-22/h4-5,8-9,12-13H,6-7,10-11H2,1-3H3,(H,19,23). The van der Waals surface area contributed by atoms with Crippen LogP contribution in [0.15, 0.2) is 46.3 Å². The Hall–Kier alpha value is -2.21. The number of aryl methyl sites for hydroxylation is 1. The first-order chi connectivity index (χ1) is 13.5. The van der Waals surface area contributed by atoms with Gasteiger partial charge in [0.1, 0.15) is 15.5 Å². The van der Waals surface area contributed by atoms with Gasteiger partial charge in [-0.3, -0.25) is 4.79 Å². The van der Waals surface area contributed by atoms with E-state index in [1.54, 1.807) is 19.2 Å². The quantitative estimate of drug-likeness (QED) is 0.729. The van der Waals surface area contributed by atoms with Crippen LogP contribution in [0.2, 0.25) is 0 Å². The molecule has 9 nitrogen and oxygen atoms in total. The van der Waals surface area contributed by atoms with Gasteiger partial charge in [0.25, 0.3) is 5.91 Å². The first-order valence-corrected chi connectivity index (χ1v) is 11.9. The predicted octanol–water partition coefficient (Wildman–Crippen LogP) is 1.31. The summed E-state index contributed by atoms with van der Waals surface area (Å²) in [5.74, 6) is -0.600. The summed E-state index contributed by atoms with van der Waals surface area (Å²) in [6.07, 6.45) is 3.03. The number of sulfonamides is 2. The number of hydrogen-bond acceptors (Lipinski definition) is 5. The number of carbonyl (C=O) groups excluding carboxylic acids is 1. The molecule has 29 heavy (non-hydrogen) atoms. The van der Waals surface area contributed by atoms with Gasteiger partial charge in [-0.15, -0.1) is 0 Å². The predicted molar refractivity (Wildman–Crippen MR) is 109 cm³/mol. The summed E-state index contributed by atoms with van der Waals surface area (Å²) in [5, 5.41) is 2.59. The zero-order chi connectivity index (χ0) is 21.4. The fourth-order valence-corrected chi connectivity index (χ4v) is 5.79. The summed E-state index contributed by atoms with van der Waals surface area (Å²) in [6.45, 7) is 0.934. The van der Waals surface area contributed by atoms with Gasteiger partial charge in [0.15, 0.2) is 0 Å². The van der Waals surface area contributed by atoms with E-state index in [0.717, 1.165) is 17.1 Å². The summed E-state index contributed by atoms with van der Waals surface area (Å²) < 4.78 is 54.4. The van der Waals surface area contributed by atoms with Crippen molar-refractivity contribution in [3.63, 3.8) is 0 Å². The molecule has 1 aromatic heterocycles. The molecule has 0 spiro atoms. The lowest BCUT2D eigenvalue weighted by atomic mass is 10.3. The number of aromatic nitrogens is 1. The molecule has 2 aromatic rings. The van der Waals surface area contributed by atoms with Crippen LogP contribution in [0.1, 0.15) is 23.3 Å². The molecule has 0 unspecified atom stereocenters. The molecule has 2 heterocycles. The van der Waals surface area contributed by atoms with Gasteiger partial charge < -0.3 is 9.88 Å². The number of amides is 1. The monoisotopic (exact) mass is 440 g/mol. The van der Waals surface area contributed by atoms with Gasteiger partial charge in [0, 0.05) is 40.4 Å². The minimum Gasteiger partial charge on any atom is -0.345 e. The van der Waals surface area contributed by atoms with E-state index in [4.69, 9.17) is 0 Å². The van der Waals surface area contributed by atoms with Crippen molar-refractivity contribution in [2.75, 3.05) is 32.5 Å². The Labute approximate surface area is 171 Å². The third kappa shape index (κ3) is 4.08. The number of benzene rings is 1. The second kappa shape index (κ2) is 7.90. The average Bonchev–Trinajstić information content (AvgIpc) is 3.32. The largest absolute Gasteiger partial charge is 0.345 e. The van der Waals surface area contributed by atoms with Gasteiger partial charge in [-0.1, -0.05) is 12.1 Å². The summed E-state index contributed by atoms with van der Waals surface area (Å²) in [5.41, 5.74) is 0.233. The lowest BCUT2D eigenvalue weighted by Gasteiger charge is -2.15. The van der Waals surface area contributed by atoms with Gasteiger partial charge in [-0.05, 0) is 31.0 Å². The van der Waals surface area contributed by atoms with Crippen LogP contribution in [0.5, 0.6) is 0 Å². The van der Waals surface area contributed by atoms with Crippen molar-refractivity contribution in [1.82, 2.24) is 13.2 Å². The lowest BCUT2D eigenvalue weighted by Crippen LogP contribution is -2.27. The first kappa shape index (κ1) is 21.5. The van der Waals surface area contributed by atoms with Gasteiger partial charge in [-0.25, -0.2) is 21.1 Å². The number of hydrogen-bond donors (Lipinski definition) is 1. The Morgan fingerprint density at radius 1 is 1.07 bits per heavy atom. The smallest absolute Gasteiger partial charge is 0.272 e. The minimum absolute atomic E-state index is 0.0428. The third-order valence-electron chi connectivity index (χ3n) is 4.81. The van der Waals surface area contributed by atoms with Crippen molar-refractivity contribution >= 4 is 31.6 Å². The van der Waals surface area contributed by atoms with E-state index in [-0.39, 0.29) is 21.2 Å². The molecule has 1 aliphatic rings. The Balaban J connectivity index is 1.91. The number of rotatable bonds is 6. The highest BCUT2D eigenvalue weighted by Gasteiger charge is 2.30. The van der Waals surface area contributed by atoms with E-state index in [0.29, 0.717) is 13.1 Å². The zero-order valence-electron chi connectivity index (χ0n) is 16.5. The van der Waals surface area contributed by atoms with E-state index in [1.165, 1.54) is 47.4 Å². The SMILES string of the molecule is CN(C)S(=O)(=O)c1ccccc1NC(=O)c1cc(S(=O)(=O)N2CCCC2)cn1C. The van der Waals surface area contributed by atoms with Gasteiger partial charge >= 0.3 is 0 Å². The van der Waals surface area contributed by atoms with Crippen LogP contribution in [-0.2, 0) is 27.1 Å². The number of anilines is 1. The summed E-state index contributed by atoms with van der Waals surface area (Å²) in [4.78, 5) is 12.8. The average molecular weight is 441 g/mol. The molecule has 1 amide bonds. The molecule has 158 valence electrons. The molecule has 1 saturated heterocycles. The van der Waals surface area contributed by atoms with Crippen molar-refractivity contribution in [2.24, 2.45) is 7.05 Å². The van der Waals surface area contributed by atoms with Crippen molar-refractivity contribution in [3.05, 3.63) is 42.2 Å². The Kier molecular flexibility index (Phi) is 5.86. The van der Waals surface area contributed by atoms with Crippen LogP contribution in [0, 0.1) is 0 Å². The maximum atomic E-state index is 12.8. The molecule has 1 N–H and O–H groups in total. The fourth-order valence-electron chi connectivity index (χ4n) is 3.16. The van der Waals surface area contributed by atoms with Crippen LogP contribution in [0.4, 0.5) is 5.69 Å². The molecular formula is C18H24N4O5S2. The number of nitrogens with one attached hydrogen (secondary N) is 1. The zero-order valence-corrected chi connectivity index (χ0v) is 18.1. The third-order valence-corrected chi connectivity index (χ3v) is 8.55. The highest BCUT2D eigenvalue weighted by atomic mass is 32.2. The van der Waals surface area contributed by atoms with Crippen LogP contribution < -0.4 is 5.32 Å². The van der Waals surface area contributed by atoms with Crippen molar-refractivity contribution in [1.29, 1.82) is 0 Å². The molecule has 1 fully saturated rings. The van der Waals surface area contributed by atoms with Crippen LogP contribution in [-0.4, -0.2) is 63.1 Å². The van der Waals surface area contributed by atoms with E-state index in [1.807, 2.05) is 0 Å². The Morgan fingerprint density at radius 2 is 1.69 bits per heavy atom. The first-order valence-electron chi connectivity index (χ1n) is 9.04. The lowest BCUT2D eigenvalue weighted by molar-refractivity contribution is 0.101. The second-order valence-electron chi connectivity index (χ2n) is 7.02. The molecular weight excluding hydrogens is 416 g/mol. The number of carbonyl (C=O) groups is 1. The van der Waals surface area contributed by atoms with E-state index in [9.17, 15) is 21.6 Å². The molecule has 3 rings (SSSR count). The molecule has 0 radical (unpaired) electrons. The maximum Gasteiger partial charge on any atom is 0.272 e.